The van der Waals surface area contributed by atoms with Crippen LogP contribution in [0.2, 0.25) is 0 Å². The highest BCUT2D eigenvalue weighted by molar-refractivity contribution is 6.07. The molecule has 0 saturated carbocycles. The Morgan fingerprint density at radius 2 is 1.91 bits per heavy atom. The van der Waals surface area contributed by atoms with Gasteiger partial charge in [0.15, 0.2) is 0 Å². The molecule has 2 aromatic carbocycles. The van der Waals surface area contributed by atoms with Gasteiger partial charge in [0, 0.05) is 0 Å². The van der Waals surface area contributed by atoms with Crippen LogP contribution in [0.25, 0.3) is 0 Å². The Morgan fingerprint density at radius 1 is 1.17 bits per heavy atom. The highest BCUT2D eigenvalue weighted by Crippen LogP contribution is 2.28. The van der Waals surface area contributed by atoms with Crippen molar-refractivity contribution in [3.8, 4) is 11.5 Å². The molecule has 0 aliphatic carbocycles. The third-order valence-corrected chi connectivity index (χ3v) is 3.06. The first-order valence-corrected chi connectivity index (χ1v) is 6.43. The molecule has 0 spiro atoms. The minimum absolute atomic E-state index is 0.119. The molecular formula is C15H13FN2O5. The van der Waals surface area contributed by atoms with Crippen LogP contribution >= 0.6 is 0 Å². The third kappa shape index (κ3) is 3.54. The summed E-state index contributed by atoms with van der Waals surface area (Å²) in [6.45, 7) is 0. The number of nitro groups is 1. The van der Waals surface area contributed by atoms with E-state index in [0.29, 0.717) is 5.75 Å². The van der Waals surface area contributed by atoms with E-state index in [1.165, 1.54) is 26.4 Å². The molecule has 0 bridgehead atoms. The van der Waals surface area contributed by atoms with Gasteiger partial charge in [-0.3, -0.25) is 14.9 Å². The van der Waals surface area contributed by atoms with Crippen molar-refractivity contribution in [2.24, 2.45) is 0 Å². The van der Waals surface area contributed by atoms with E-state index in [4.69, 9.17) is 9.47 Å². The molecular weight excluding hydrogens is 307 g/mol. The maximum atomic E-state index is 13.1. The molecule has 0 fully saturated rings. The van der Waals surface area contributed by atoms with E-state index in [0.717, 1.165) is 18.2 Å². The smallest absolute Gasteiger partial charge is 0.295 e. The summed E-state index contributed by atoms with van der Waals surface area (Å²) in [5.74, 6) is -0.721. The summed E-state index contributed by atoms with van der Waals surface area (Å²) >= 11 is 0. The highest BCUT2D eigenvalue weighted by atomic mass is 19.1. The van der Waals surface area contributed by atoms with Gasteiger partial charge in [-0.25, -0.2) is 4.39 Å². The molecule has 0 aliphatic heterocycles. The van der Waals surface area contributed by atoms with Crippen molar-refractivity contribution < 1.29 is 23.6 Å². The maximum Gasteiger partial charge on any atom is 0.295 e. The summed E-state index contributed by atoms with van der Waals surface area (Å²) < 4.78 is 23.3. The lowest BCUT2D eigenvalue weighted by molar-refractivity contribution is -0.384. The molecule has 7 nitrogen and oxygen atoms in total. The van der Waals surface area contributed by atoms with Crippen molar-refractivity contribution in [3.63, 3.8) is 0 Å². The molecule has 8 heteroatoms. The first-order valence-electron chi connectivity index (χ1n) is 6.43. The van der Waals surface area contributed by atoms with E-state index in [-0.39, 0.29) is 17.0 Å². The average Bonchev–Trinajstić information content (AvgIpc) is 2.55. The molecule has 0 unspecified atom stereocenters. The van der Waals surface area contributed by atoms with Gasteiger partial charge in [-0.05, 0) is 30.3 Å². The topological polar surface area (TPSA) is 90.7 Å². The number of nitrogens with one attached hydrogen (secondary N) is 1. The van der Waals surface area contributed by atoms with Gasteiger partial charge >= 0.3 is 0 Å². The number of carbonyl (C=O) groups excluding carboxylic acids is 1. The largest absolute Gasteiger partial charge is 0.497 e. The van der Waals surface area contributed by atoms with Crippen LogP contribution in [0.15, 0.2) is 36.4 Å². The molecule has 1 amide bonds. The zero-order valence-corrected chi connectivity index (χ0v) is 12.3. The lowest BCUT2D eigenvalue weighted by Crippen LogP contribution is -2.14. The molecule has 0 aliphatic rings. The van der Waals surface area contributed by atoms with Crippen molar-refractivity contribution in [1.82, 2.24) is 0 Å². The Hall–Kier alpha value is -3.16. The standard InChI is InChI=1S/C15H13FN2O5/c1-22-10-4-6-14(23-2)11(8-10)15(19)17-12-5-3-9(16)7-13(12)18(20)21/h3-8H,1-2H3,(H,17,19). The zero-order chi connectivity index (χ0) is 17.0. The highest BCUT2D eigenvalue weighted by Gasteiger charge is 2.20. The number of carbonyl (C=O) groups is 1. The van der Waals surface area contributed by atoms with E-state index >= 15 is 0 Å². The Kier molecular flexibility index (Phi) is 4.75. The van der Waals surface area contributed by atoms with Crippen molar-refractivity contribution in [2.45, 2.75) is 0 Å². The van der Waals surface area contributed by atoms with E-state index in [9.17, 15) is 19.3 Å². The Bertz CT molecular complexity index is 764. The number of anilines is 1. The Labute approximate surface area is 130 Å². The van der Waals surface area contributed by atoms with E-state index in [1.54, 1.807) is 6.07 Å². The number of amides is 1. The lowest BCUT2D eigenvalue weighted by Gasteiger charge is -2.11. The van der Waals surface area contributed by atoms with Gasteiger partial charge in [0.05, 0.1) is 30.8 Å². The molecule has 0 heterocycles. The quantitative estimate of drug-likeness (QED) is 0.675. The summed E-state index contributed by atoms with van der Waals surface area (Å²) in [6, 6.07) is 7.45. The number of methoxy groups -OCH3 is 2. The SMILES string of the molecule is COc1ccc(OC)c(C(=O)Nc2ccc(F)cc2[N+](=O)[O-])c1. The van der Waals surface area contributed by atoms with Crippen LogP contribution in [0.4, 0.5) is 15.8 Å². The van der Waals surface area contributed by atoms with Crippen LogP contribution in [0.3, 0.4) is 0 Å². The van der Waals surface area contributed by atoms with Gasteiger partial charge in [0.1, 0.15) is 23.0 Å². The van der Waals surface area contributed by atoms with E-state index in [2.05, 4.69) is 5.32 Å². The molecule has 1 N–H and O–H groups in total. The van der Waals surface area contributed by atoms with Crippen LogP contribution in [-0.2, 0) is 0 Å². The Balaban J connectivity index is 2.38. The summed E-state index contributed by atoms with van der Waals surface area (Å²) in [5, 5.41) is 13.3. The summed E-state index contributed by atoms with van der Waals surface area (Å²) in [5.41, 5.74) is -0.531. The number of halogens is 1. The fourth-order valence-corrected chi connectivity index (χ4v) is 1.94. The fraction of sp³-hybridized carbons (Fsp3) is 0.133. The minimum Gasteiger partial charge on any atom is -0.497 e. The molecule has 0 atom stereocenters. The van der Waals surface area contributed by atoms with Crippen LogP contribution in [0, 0.1) is 15.9 Å². The van der Waals surface area contributed by atoms with Crippen LogP contribution in [0.1, 0.15) is 10.4 Å². The number of hydrogen-bond acceptors (Lipinski definition) is 5. The summed E-state index contributed by atoms with van der Waals surface area (Å²) in [7, 11) is 2.83. The summed E-state index contributed by atoms with van der Waals surface area (Å²) in [4.78, 5) is 22.5. The zero-order valence-electron chi connectivity index (χ0n) is 12.3. The van der Waals surface area contributed by atoms with Crippen LogP contribution in [0.5, 0.6) is 11.5 Å². The fourth-order valence-electron chi connectivity index (χ4n) is 1.94. The second kappa shape index (κ2) is 6.73. The van der Waals surface area contributed by atoms with Crippen LogP contribution < -0.4 is 14.8 Å². The molecule has 0 radical (unpaired) electrons. The van der Waals surface area contributed by atoms with Crippen molar-refractivity contribution >= 4 is 17.3 Å². The first-order chi connectivity index (χ1) is 11.0. The second-order valence-corrected chi connectivity index (χ2v) is 4.44. The van der Waals surface area contributed by atoms with Crippen molar-refractivity contribution in [3.05, 3.63) is 57.9 Å². The molecule has 0 aromatic heterocycles. The van der Waals surface area contributed by atoms with Gasteiger partial charge in [0.2, 0.25) is 0 Å². The number of benzene rings is 2. The van der Waals surface area contributed by atoms with Gasteiger partial charge < -0.3 is 14.8 Å². The number of nitro benzene ring substituents is 1. The predicted molar refractivity (Wildman–Crippen MR) is 80.6 cm³/mol. The third-order valence-electron chi connectivity index (χ3n) is 3.06. The number of hydrogen-bond donors (Lipinski definition) is 1. The van der Waals surface area contributed by atoms with E-state index < -0.39 is 22.3 Å². The number of ether oxygens (including phenoxy) is 2. The number of rotatable bonds is 5. The molecule has 2 aromatic rings. The molecule has 23 heavy (non-hydrogen) atoms. The second-order valence-electron chi connectivity index (χ2n) is 4.44. The van der Waals surface area contributed by atoms with Crippen molar-refractivity contribution in [1.29, 1.82) is 0 Å². The molecule has 0 saturated heterocycles. The normalized spacial score (nSPS) is 10.0. The molecule has 120 valence electrons. The number of nitrogens with zero attached hydrogens (tertiary/aromatic N) is 1. The summed E-state index contributed by atoms with van der Waals surface area (Å²) in [6.07, 6.45) is 0. The lowest BCUT2D eigenvalue weighted by atomic mass is 10.1. The van der Waals surface area contributed by atoms with Gasteiger partial charge in [-0.15, -0.1) is 0 Å². The Morgan fingerprint density at radius 3 is 2.52 bits per heavy atom. The molecule has 2 rings (SSSR count). The van der Waals surface area contributed by atoms with Gasteiger partial charge in [-0.2, -0.15) is 0 Å². The van der Waals surface area contributed by atoms with E-state index in [1.807, 2.05) is 0 Å². The van der Waals surface area contributed by atoms with Gasteiger partial charge in [-0.1, -0.05) is 0 Å². The van der Waals surface area contributed by atoms with Gasteiger partial charge in [0.25, 0.3) is 11.6 Å². The monoisotopic (exact) mass is 320 g/mol. The first kappa shape index (κ1) is 16.2. The van der Waals surface area contributed by atoms with Crippen molar-refractivity contribution in [2.75, 3.05) is 19.5 Å². The van der Waals surface area contributed by atoms with Crippen LogP contribution in [-0.4, -0.2) is 25.1 Å². The minimum atomic E-state index is -0.776. The average molecular weight is 320 g/mol. The maximum absolute atomic E-state index is 13.1. The predicted octanol–water partition coefficient (Wildman–Crippen LogP) is 3.00.